The highest BCUT2D eigenvalue weighted by Gasteiger charge is 2.24. The predicted octanol–water partition coefficient (Wildman–Crippen LogP) is 3.93. The third-order valence-corrected chi connectivity index (χ3v) is 4.76. The van der Waals surface area contributed by atoms with Crippen molar-refractivity contribution in [2.45, 2.75) is 77.2 Å². The van der Waals surface area contributed by atoms with Crippen LogP contribution in [0.5, 0.6) is 0 Å². The van der Waals surface area contributed by atoms with Gasteiger partial charge in [-0.15, -0.1) is 0 Å². The normalized spacial score (nSPS) is 28.8. The van der Waals surface area contributed by atoms with Crippen LogP contribution in [0.1, 0.15) is 71.1 Å². The van der Waals surface area contributed by atoms with Crippen molar-refractivity contribution in [1.29, 1.82) is 0 Å². The van der Waals surface area contributed by atoms with Crippen molar-refractivity contribution in [3.05, 3.63) is 0 Å². The maximum atomic E-state index is 12.2. The lowest BCUT2D eigenvalue weighted by Gasteiger charge is -2.31. The maximum absolute atomic E-state index is 12.2. The molecule has 2 aliphatic rings. The van der Waals surface area contributed by atoms with Crippen LogP contribution < -0.4 is 5.32 Å². The zero-order valence-corrected chi connectivity index (χ0v) is 12.5. The number of amides is 2. The van der Waals surface area contributed by atoms with Gasteiger partial charge in [-0.1, -0.05) is 32.6 Å². The summed E-state index contributed by atoms with van der Waals surface area (Å²) in [6.07, 6.45) is 12.6. The van der Waals surface area contributed by atoms with Crippen molar-refractivity contribution in [2.24, 2.45) is 5.92 Å². The molecule has 1 saturated heterocycles. The van der Waals surface area contributed by atoms with E-state index in [-0.39, 0.29) is 6.03 Å². The number of urea groups is 1. The van der Waals surface area contributed by atoms with Crippen molar-refractivity contribution >= 4 is 6.03 Å². The monoisotopic (exact) mass is 266 g/mol. The van der Waals surface area contributed by atoms with E-state index in [0.717, 1.165) is 19.0 Å². The van der Waals surface area contributed by atoms with Gasteiger partial charge in [0, 0.05) is 19.1 Å². The van der Waals surface area contributed by atoms with Gasteiger partial charge in [0.2, 0.25) is 0 Å². The fraction of sp³-hybridized carbons (Fsp3) is 0.938. The highest BCUT2D eigenvalue weighted by atomic mass is 16.2. The lowest BCUT2D eigenvalue weighted by Crippen LogP contribution is -2.46. The third-order valence-electron chi connectivity index (χ3n) is 4.76. The van der Waals surface area contributed by atoms with E-state index in [0.29, 0.717) is 6.04 Å². The summed E-state index contributed by atoms with van der Waals surface area (Å²) in [5, 5.41) is 3.27. The molecule has 0 unspecified atom stereocenters. The molecule has 1 N–H and O–H groups in total. The Morgan fingerprint density at radius 1 is 1.05 bits per heavy atom. The Hall–Kier alpha value is -0.730. The summed E-state index contributed by atoms with van der Waals surface area (Å²) >= 11 is 0. The van der Waals surface area contributed by atoms with E-state index in [1.807, 2.05) is 4.90 Å². The predicted molar refractivity (Wildman–Crippen MR) is 79.2 cm³/mol. The first-order valence-corrected chi connectivity index (χ1v) is 8.35. The highest BCUT2D eigenvalue weighted by molar-refractivity contribution is 5.74. The zero-order chi connectivity index (χ0) is 13.5. The Labute approximate surface area is 118 Å². The average molecular weight is 266 g/mol. The standard InChI is InChI=1S/C16H30N2O/c1-2-7-14-8-10-15(11-9-14)17-16(19)18-12-5-3-4-6-13-18/h14-15H,2-13H2,1H3,(H,17,19). The summed E-state index contributed by atoms with van der Waals surface area (Å²) in [7, 11) is 0. The number of rotatable bonds is 3. The molecule has 0 bridgehead atoms. The van der Waals surface area contributed by atoms with Crippen LogP contribution in [0.15, 0.2) is 0 Å². The lowest BCUT2D eigenvalue weighted by atomic mass is 9.83. The fourth-order valence-corrected chi connectivity index (χ4v) is 3.54. The SMILES string of the molecule is CCCC1CCC(NC(=O)N2CCCCCC2)CC1. The van der Waals surface area contributed by atoms with Crippen LogP contribution >= 0.6 is 0 Å². The summed E-state index contributed by atoms with van der Waals surface area (Å²) < 4.78 is 0. The Morgan fingerprint density at radius 2 is 1.68 bits per heavy atom. The molecule has 1 saturated carbocycles. The minimum absolute atomic E-state index is 0.195. The first-order chi connectivity index (χ1) is 9.29. The average Bonchev–Trinajstić information content (AvgIpc) is 2.70. The van der Waals surface area contributed by atoms with Gasteiger partial charge in [-0.25, -0.2) is 4.79 Å². The first-order valence-electron chi connectivity index (χ1n) is 8.35. The number of hydrogen-bond donors (Lipinski definition) is 1. The molecule has 0 aromatic heterocycles. The van der Waals surface area contributed by atoms with E-state index in [1.54, 1.807) is 0 Å². The van der Waals surface area contributed by atoms with E-state index >= 15 is 0 Å². The van der Waals surface area contributed by atoms with Crippen LogP contribution in [0.2, 0.25) is 0 Å². The number of nitrogens with one attached hydrogen (secondary N) is 1. The second-order valence-corrected chi connectivity index (χ2v) is 6.36. The molecule has 3 nitrogen and oxygen atoms in total. The number of carbonyl (C=O) groups excluding carboxylic acids is 1. The van der Waals surface area contributed by atoms with Gasteiger partial charge >= 0.3 is 6.03 Å². The van der Waals surface area contributed by atoms with Crippen LogP contribution in [0.4, 0.5) is 4.79 Å². The molecule has 2 rings (SSSR count). The van der Waals surface area contributed by atoms with E-state index in [9.17, 15) is 4.79 Å². The number of nitrogens with zero attached hydrogens (tertiary/aromatic N) is 1. The van der Waals surface area contributed by atoms with Crippen molar-refractivity contribution in [1.82, 2.24) is 10.2 Å². The van der Waals surface area contributed by atoms with Crippen LogP contribution in [-0.2, 0) is 0 Å². The van der Waals surface area contributed by atoms with Gasteiger partial charge in [-0.05, 0) is 44.4 Å². The van der Waals surface area contributed by atoms with E-state index in [4.69, 9.17) is 0 Å². The zero-order valence-electron chi connectivity index (χ0n) is 12.5. The van der Waals surface area contributed by atoms with E-state index in [2.05, 4.69) is 12.2 Å². The quantitative estimate of drug-likeness (QED) is 0.824. The van der Waals surface area contributed by atoms with Gasteiger partial charge in [0.15, 0.2) is 0 Å². The fourth-order valence-electron chi connectivity index (χ4n) is 3.54. The summed E-state index contributed by atoms with van der Waals surface area (Å²) in [6, 6.07) is 0.629. The van der Waals surface area contributed by atoms with E-state index < -0.39 is 0 Å². The van der Waals surface area contributed by atoms with Crippen LogP contribution in [0, 0.1) is 5.92 Å². The third kappa shape index (κ3) is 4.70. The maximum Gasteiger partial charge on any atom is 0.317 e. The molecular formula is C16H30N2O. The van der Waals surface area contributed by atoms with Crippen LogP contribution in [-0.4, -0.2) is 30.1 Å². The number of carbonyl (C=O) groups is 1. The molecule has 0 atom stereocenters. The first kappa shape index (κ1) is 14.7. The number of hydrogen-bond acceptors (Lipinski definition) is 1. The largest absolute Gasteiger partial charge is 0.335 e. The summed E-state index contributed by atoms with van der Waals surface area (Å²) in [5.41, 5.74) is 0. The molecule has 0 spiro atoms. The van der Waals surface area contributed by atoms with Crippen molar-refractivity contribution < 1.29 is 4.79 Å². The van der Waals surface area contributed by atoms with Crippen LogP contribution in [0.3, 0.4) is 0 Å². The Bertz CT molecular complexity index is 264. The van der Waals surface area contributed by atoms with E-state index in [1.165, 1.54) is 64.2 Å². The minimum Gasteiger partial charge on any atom is -0.335 e. The van der Waals surface area contributed by atoms with Gasteiger partial charge < -0.3 is 10.2 Å². The Morgan fingerprint density at radius 3 is 2.26 bits per heavy atom. The molecule has 0 radical (unpaired) electrons. The summed E-state index contributed by atoms with van der Waals surface area (Å²) in [6.45, 7) is 4.18. The van der Waals surface area contributed by atoms with Crippen LogP contribution in [0.25, 0.3) is 0 Å². The van der Waals surface area contributed by atoms with Gasteiger partial charge in [0.1, 0.15) is 0 Å². The molecule has 3 heteroatoms. The molecule has 1 heterocycles. The molecule has 0 aromatic carbocycles. The molecule has 2 amide bonds. The van der Waals surface area contributed by atoms with Crippen molar-refractivity contribution in [3.8, 4) is 0 Å². The van der Waals surface area contributed by atoms with Crippen molar-refractivity contribution in [3.63, 3.8) is 0 Å². The molecule has 1 aliphatic carbocycles. The summed E-state index contributed by atoms with van der Waals surface area (Å²) in [5.74, 6) is 0.913. The highest BCUT2D eigenvalue weighted by Crippen LogP contribution is 2.27. The van der Waals surface area contributed by atoms with Gasteiger partial charge in [-0.3, -0.25) is 0 Å². The lowest BCUT2D eigenvalue weighted by molar-refractivity contribution is 0.187. The molecule has 19 heavy (non-hydrogen) atoms. The molecule has 2 fully saturated rings. The summed E-state index contributed by atoms with van der Waals surface area (Å²) in [4.78, 5) is 14.3. The van der Waals surface area contributed by atoms with Crippen molar-refractivity contribution in [2.75, 3.05) is 13.1 Å². The Kier molecular flexibility index (Phi) is 5.99. The number of likely N-dealkylation sites (tertiary alicyclic amines) is 1. The molecule has 0 aromatic rings. The van der Waals surface area contributed by atoms with Gasteiger partial charge in [-0.2, -0.15) is 0 Å². The minimum atomic E-state index is 0.195. The second kappa shape index (κ2) is 7.76. The second-order valence-electron chi connectivity index (χ2n) is 6.36. The molecule has 110 valence electrons. The van der Waals surface area contributed by atoms with Gasteiger partial charge in [0.25, 0.3) is 0 Å². The Balaban J connectivity index is 1.70. The smallest absolute Gasteiger partial charge is 0.317 e. The van der Waals surface area contributed by atoms with Gasteiger partial charge in [0.05, 0.1) is 0 Å². The molecular weight excluding hydrogens is 236 g/mol. The topological polar surface area (TPSA) is 32.3 Å². The molecule has 1 aliphatic heterocycles.